The van der Waals surface area contributed by atoms with E-state index in [9.17, 15) is 9.90 Å². The van der Waals surface area contributed by atoms with Crippen molar-refractivity contribution in [3.05, 3.63) is 36.0 Å². The van der Waals surface area contributed by atoms with Crippen LogP contribution in [0.1, 0.15) is 19.4 Å². The number of benzene rings is 1. The van der Waals surface area contributed by atoms with Crippen LogP contribution in [-0.4, -0.2) is 77.3 Å². The molecule has 0 radical (unpaired) electrons. The molecule has 1 aliphatic heterocycles. The van der Waals surface area contributed by atoms with E-state index in [2.05, 4.69) is 9.88 Å². The van der Waals surface area contributed by atoms with Gasteiger partial charge in [-0.2, -0.15) is 0 Å². The highest BCUT2D eigenvalue weighted by Gasteiger charge is 2.23. The number of aliphatic hydroxyl groups is 1. The third-order valence-electron chi connectivity index (χ3n) is 4.83. The maximum atomic E-state index is 12.6. The van der Waals surface area contributed by atoms with Crippen LogP contribution >= 0.6 is 0 Å². The Balaban J connectivity index is 1.46. The van der Waals surface area contributed by atoms with Crippen molar-refractivity contribution < 1.29 is 14.6 Å². The Bertz CT molecular complexity index is 720. The maximum Gasteiger partial charge on any atom is 0.227 e. The number of aromatic amines is 1. The summed E-state index contributed by atoms with van der Waals surface area (Å²) >= 11 is 0. The number of amides is 1. The normalized spacial score (nSPS) is 17.2. The van der Waals surface area contributed by atoms with Crippen molar-refractivity contribution in [1.82, 2.24) is 14.8 Å². The summed E-state index contributed by atoms with van der Waals surface area (Å²) < 4.78 is 5.45. The van der Waals surface area contributed by atoms with Gasteiger partial charge in [0.15, 0.2) is 0 Å². The van der Waals surface area contributed by atoms with Gasteiger partial charge in [0, 0.05) is 49.8 Å². The number of rotatable bonds is 7. The smallest absolute Gasteiger partial charge is 0.227 e. The predicted octanol–water partition coefficient (Wildman–Crippen LogP) is 1.64. The minimum absolute atomic E-state index is 0.128. The molecule has 1 aromatic carbocycles. The number of piperazine rings is 1. The van der Waals surface area contributed by atoms with Crippen LogP contribution in [0.3, 0.4) is 0 Å². The quantitative estimate of drug-likeness (QED) is 0.789. The largest absolute Gasteiger partial charge is 0.389 e. The molecule has 1 atom stereocenters. The lowest BCUT2D eigenvalue weighted by Gasteiger charge is -2.35. The van der Waals surface area contributed by atoms with Crippen molar-refractivity contribution in [2.45, 2.75) is 32.5 Å². The van der Waals surface area contributed by atoms with Crippen LogP contribution in [0.15, 0.2) is 30.5 Å². The minimum atomic E-state index is -0.481. The highest BCUT2D eigenvalue weighted by atomic mass is 16.5. The van der Waals surface area contributed by atoms with E-state index in [1.807, 2.05) is 49.2 Å². The zero-order valence-electron chi connectivity index (χ0n) is 15.6. The highest BCUT2D eigenvalue weighted by Crippen LogP contribution is 2.19. The lowest BCUT2D eigenvalue weighted by atomic mass is 10.1. The van der Waals surface area contributed by atoms with E-state index in [0.717, 1.165) is 29.6 Å². The average Bonchev–Trinajstić information content (AvgIpc) is 3.04. The number of nitrogens with one attached hydrogen (secondary N) is 1. The Morgan fingerprint density at radius 1 is 1.23 bits per heavy atom. The first-order valence-corrected chi connectivity index (χ1v) is 9.37. The minimum Gasteiger partial charge on any atom is -0.389 e. The van der Waals surface area contributed by atoms with E-state index in [1.54, 1.807) is 0 Å². The molecule has 0 aliphatic carbocycles. The fourth-order valence-corrected chi connectivity index (χ4v) is 3.39. The molecule has 3 rings (SSSR count). The number of aliphatic hydroxyl groups excluding tert-OH is 1. The van der Waals surface area contributed by atoms with E-state index in [4.69, 9.17) is 4.74 Å². The summed E-state index contributed by atoms with van der Waals surface area (Å²) in [5, 5.41) is 11.2. The SMILES string of the molecule is CC(C)OCC(O)CN1CCN(C(=O)Cc2c[nH]c3ccccc23)CC1. The summed E-state index contributed by atoms with van der Waals surface area (Å²) in [6.45, 7) is 7.87. The van der Waals surface area contributed by atoms with E-state index in [-0.39, 0.29) is 12.0 Å². The molecule has 1 fully saturated rings. The molecule has 1 amide bonds. The second-order valence-electron chi connectivity index (χ2n) is 7.25. The van der Waals surface area contributed by atoms with Crippen molar-refractivity contribution in [2.24, 2.45) is 0 Å². The van der Waals surface area contributed by atoms with Crippen molar-refractivity contribution in [3.8, 4) is 0 Å². The van der Waals surface area contributed by atoms with Crippen LogP contribution in [0.5, 0.6) is 0 Å². The zero-order valence-corrected chi connectivity index (χ0v) is 15.6. The van der Waals surface area contributed by atoms with Gasteiger partial charge in [0.05, 0.1) is 25.2 Å². The number of para-hydroxylation sites is 1. The number of hydrogen-bond acceptors (Lipinski definition) is 4. The lowest BCUT2D eigenvalue weighted by Crippen LogP contribution is -2.51. The van der Waals surface area contributed by atoms with E-state index >= 15 is 0 Å². The van der Waals surface area contributed by atoms with E-state index in [0.29, 0.717) is 32.7 Å². The van der Waals surface area contributed by atoms with Crippen LogP contribution in [0.25, 0.3) is 10.9 Å². The molecule has 1 aliphatic rings. The van der Waals surface area contributed by atoms with Gasteiger partial charge in [0.25, 0.3) is 0 Å². The lowest BCUT2D eigenvalue weighted by molar-refractivity contribution is -0.132. The summed E-state index contributed by atoms with van der Waals surface area (Å²) in [4.78, 5) is 20.0. The van der Waals surface area contributed by atoms with Gasteiger partial charge in [-0.25, -0.2) is 0 Å². The average molecular weight is 359 g/mol. The van der Waals surface area contributed by atoms with Crippen LogP contribution in [0, 0.1) is 0 Å². The highest BCUT2D eigenvalue weighted by molar-refractivity contribution is 5.88. The van der Waals surface area contributed by atoms with Crippen molar-refractivity contribution >= 4 is 16.8 Å². The molecule has 26 heavy (non-hydrogen) atoms. The maximum absolute atomic E-state index is 12.6. The molecule has 0 saturated carbocycles. The third kappa shape index (κ3) is 4.84. The number of β-amino-alcohol motifs (C(OH)–C–C–N with tert-alkyl or cyclic N) is 1. The fraction of sp³-hybridized carbons (Fsp3) is 0.550. The van der Waals surface area contributed by atoms with Gasteiger partial charge in [0.1, 0.15) is 0 Å². The Kier molecular flexibility index (Phi) is 6.29. The number of hydrogen-bond donors (Lipinski definition) is 2. The molecule has 1 aromatic heterocycles. The Labute approximate surface area is 154 Å². The van der Waals surface area contributed by atoms with Crippen molar-refractivity contribution in [3.63, 3.8) is 0 Å². The Hall–Kier alpha value is -1.89. The molecular formula is C20H29N3O3. The van der Waals surface area contributed by atoms with E-state index < -0.39 is 6.10 Å². The van der Waals surface area contributed by atoms with Gasteiger partial charge in [-0.3, -0.25) is 9.69 Å². The first-order valence-electron chi connectivity index (χ1n) is 9.37. The number of carbonyl (C=O) groups excluding carboxylic acids is 1. The van der Waals surface area contributed by atoms with Gasteiger partial charge < -0.3 is 19.7 Å². The summed E-state index contributed by atoms with van der Waals surface area (Å²) in [7, 11) is 0. The predicted molar refractivity (Wildman–Crippen MR) is 102 cm³/mol. The number of ether oxygens (including phenoxy) is 1. The summed E-state index contributed by atoms with van der Waals surface area (Å²) in [5.41, 5.74) is 2.12. The van der Waals surface area contributed by atoms with Gasteiger partial charge in [-0.15, -0.1) is 0 Å². The first kappa shape index (κ1) is 18.9. The second-order valence-corrected chi connectivity index (χ2v) is 7.25. The molecule has 0 bridgehead atoms. The molecule has 0 spiro atoms. The standard InChI is InChI=1S/C20H29N3O3/c1-15(2)26-14-17(24)13-22-7-9-23(10-8-22)20(25)11-16-12-21-19-6-4-3-5-18(16)19/h3-6,12,15,17,21,24H,7-11,13-14H2,1-2H3. The van der Waals surface area contributed by atoms with Crippen molar-refractivity contribution in [2.75, 3.05) is 39.3 Å². The summed E-state index contributed by atoms with van der Waals surface area (Å²) in [6.07, 6.45) is 2.01. The molecule has 2 N–H and O–H groups in total. The van der Waals surface area contributed by atoms with Crippen LogP contribution in [0.2, 0.25) is 0 Å². The van der Waals surface area contributed by atoms with Gasteiger partial charge >= 0.3 is 0 Å². The van der Waals surface area contributed by atoms with Crippen LogP contribution in [0.4, 0.5) is 0 Å². The monoisotopic (exact) mass is 359 g/mol. The molecule has 2 heterocycles. The molecule has 1 unspecified atom stereocenters. The van der Waals surface area contributed by atoms with Gasteiger partial charge in [-0.05, 0) is 25.5 Å². The van der Waals surface area contributed by atoms with E-state index in [1.165, 1.54) is 0 Å². The van der Waals surface area contributed by atoms with Crippen molar-refractivity contribution in [1.29, 1.82) is 0 Å². The number of H-pyrrole nitrogens is 1. The number of carbonyl (C=O) groups is 1. The first-order chi connectivity index (χ1) is 12.5. The third-order valence-corrected chi connectivity index (χ3v) is 4.83. The summed E-state index contributed by atoms with van der Waals surface area (Å²) in [6, 6.07) is 8.06. The Morgan fingerprint density at radius 2 is 1.96 bits per heavy atom. The molecular weight excluding hydrogens is 330 g/mol. The molecule has 1 saturated heterocycles. The molecule has 142 valence electrons. The number of fused-ring (bicyclic) bond motifs is 1. The number of nitrogens with zero attached hydrogens (tertiary/aromatic N) is 2. The molecule has 6 heteroatoms. The number of aromatic nitrogens is 1. The van der Waals surface area contributed by atoms with Gasteiger partial charge in [-0.1, -0.05) is 18.2 Å². The molecule has 6 nitrogen and oxygen atoms in total. The summed E-state index contributed by atoms with van der Waals surface area (Å²) in [5.74, 6) is 0.165. The zero-order chi connectivity index (χ0) is 18.5. The molecule has 2 aromatic rings. The van der Waals surface area contributed by atoms with Crippen LogP contribution < -0.4 is 0 Å². The Morgan fingerprint density at radius 3 is 2.69 bits per heavy atom. The second kappa shape index (κ2) is 8.66. The van der Waals surface area contributed by atoms with Gasteiger partial charge in [0.2, 0.25) is 5.91 Å². The fourth-order valence-electron chi connectivity index (χ4n) is 3.39. The topological polar surface area (TPSA) is 68.8 Å². The van der Waals surface area contributed by atoms with Crippen LogP contribution in [-0.2, 0) is 16.0 Å².